The predicted molar refractivity (Wildman–Crippen MR) is 139 cm³/mol. The molecule has 0 aliphatic heterocycles. The van der Waals surface area contributed by atoms with E-state index in [0.29, 0.717) is 0 Å². The lowest BCUT2D eigenvalue weighted by molar-refractivity contribution is 0.102. The molecule has 0 heterocycles. The Labute approximate surface area is 205 Å². The van der Waals surface area contributed by atoms with Gasteiger partial charge in [-0.05, 0) is 99.7 Å². The zero-order chi connectivity index (χ0) is 23.1. The van der Waals surface area contributed by atoms with Crippen LogP contribution < -0.4 is 0 Å². The smallest absolute Gasteiger partial charge is 0.0894 e. The Kier molecular flexibility index (Phi) is 13.7. The molecule has 0 radical (unpaired) electrons. The molecule has 0 nitrogen and oxygen atoms in total. The Bertz CT molecular complexity index is 454. The van der Waals surface area contributed by atoms with Crippen LogP contribution in [0, 0.1) is 35.5 Å². The number of hydrogen-bond donors (Lipinski definition) is 0. The number of rotatable bonds is 15. The van der Waals surface area contributed by atoms with E-state index in [9.17, 15) is 8.78 Å². The Balaban J connectivity index is 1.22. The van der Waals surface area contributed by atoms with Crippen molar-refractivity contribution in [2.75, 3.05) is 13.3 Å². The lowest BCUT2D eigenvalue weighted by Crippen LogP contribution is -2.29. The molecule has 0 spiro atoms. The standard InChI is InChI=1S/C31H56F2/c32-24-8-4-1-2-6-10-26-12-16-28(17-13-26)30-20-22-31(23-21-30)29-18-14-27(15-19-29)11-7-3-5-9-25-33/h26-31H,1-25H2. The molecule has 3 aliphatic carbocycles. The third-order valence-corrected chi connectivity index (χ3v) is 10.2. The fourth-order valence-corrected chi connectivity index (χ4v) is 7.92. The highest BCUT2D eigenvalue weighted by atomic mass is 19.1. The average molecular weight is 467 g/mol. The third-order valence-electron chi connectivity index (χ3n) is 10.2. The molecule has 0 saturated heterocycles. The minimum Gasteiger partial charge on any atom is -0.251 e. The summed E-state index contributed by atoms with van der Waals surface area (Å²) in [4.78, 5) is 0. The van der Waals surface area contributed by atoms with Gasteiger partial charge in [0.1, 0.15) is 0 Å². The van der Waals surface area contributed by atoms with Gasteiger partial charge in [0.2, 0.25) is 0 Å². The zero-order valence-electron chi connectivity index (χ0n) is 21.9. The van der Waals surface area contributed by atoms with Crippen molar-refractivity contribution >= 4 is 0 Å². The molecule has 3 saturated carbocycles. The first-order chi connectivity index (χ1) is 16.3. The van der Waals surface area contributed by atoms with Crippen LogP contribution >= 0.6 is 0 Å². The van der Waals surface area contributed by atoms with Crippen LogP contribution in [0.1, 0.15) is 148 Å². The van der Waals surface area contributed by atoms with Gasteiger partial charge in [0.25, 0.3) is 0 Å². The molecule has 0 unspecified atom stereocenters. The zero-order valence-corrected chi connectivity index (χ0v) is 21.9. The number of hydrogen-bond acceptors (Lipinski definition) is 0. The SMILES string of the molecule is FCCCCCCCC1CCC(C2CCC(C3CCC(CCCCCCF)CC3)CC2)CC1. The highest BCUT2D eigenvalue weighted by Gasteiger charge is 2.34. The monoisotopic (exact) mass is 466 g/mol. The maximum atomic E-state index is 12.2. The Morgan fingerprint density at radius 2 is 0.606 bits per heavy atom. The number of alkyl halides is 2. The van der Waals surface area contributed by atoms with E-state index in [2.05, 4.69) is 0 Å². The highest BCUT2D eigenvalue weighted by Crippen LogP contribution is 2.46. The van der Waals surface area contributed by atoms with Crippen LogP contribution in [-0.2, 0) is 0 Å². The summed E-state index contributed by atoms with van der Waals surface area (Å²) in [7, 11) is 0. The molecule has 2 heteroatoms. The van der Waals surface area contributed by atoms with Crippen molar-refractivity contribution in [2.24, 2.45) is 35.5 Å². The van der Waals surface area contributed by atoms with Crippen LogP contribution in [0.4, 0.5) is 8.78 Å². The van der Waals surface area contributed by atoms with Crippen molar-refractivity contribution in [2.45, 2.75) is 148 Å². The summed E-state index contributed by atoms with van der Waals surface area (Å²) in [5.74, 6) is 6.14. The van der Waals surface area contributed by atoms with E-state index in [1.807, 2.05) is 0 Å². The van der Waals surface area contributed by atoms with Crippen molar-refractivity contribution in [3.63, 3.8) is 0 Å². The van der Waals surface area contributed by atoms with Crippen molar-refractivity contribution < 1.29 is 8.78 Å². The van der Waals surface area contributed by atoms with Crippen LogP contribution in [0.15, 0.2) is 0 Å². The van der Waals surface area contributed by atoms with Crippen molar-refractivity contribution in [1.82, 2.24) is 0 Å². The lowest BCUT2D eigenvalue weighted by atomic mass is 9.64. The second-order valence-electron chi connectivity index (χ2n) is 12.4. The second-order valence-corrected chi connectivity index (χ2v) is 12.4. The topological polar surface area (TPSA) is 0 Å². The first kappa shape index (κ1) is 27.4. The maximum absolute atomic E-state index is 12.2. The van der Waals surface area contributed by atoms with Gasteiger partial charge >= 0.3 is 0 Å². The van der Waals surface area contributed by atoms with Crippen LogP contribution in [0.5, 0.6) is 0 Å². The minimum atomic E-state index is -0.128. The summed E-state index contributed by atoms with van der Waals surface area (Å²) >= 11 is 0. The molecule has 3 rings (SSSR count). The molecule has 0 aromatic carbocycles. The summed E-state index contributed by atoms with van der Waals surface area (Å²) in [6.07, 6.45) is 31.2. The van der Waals surface area contributed by atoms with Crippen molar-refractivity contribution in [3.05, 3.63) is 0 Å². The van der Waals surface area contributed by atoms with E-state index in [-0.39, 0.29) is 13.3 Å². The summed E-state index contributed by atoms with van der Waals surface area (Å²) in [5.41, 5.74) is 0. The molecule has 3 aliphatic rings. The van der Waals surface area contributed by atoms with Crippen LogP contribution in [0.3, 0.4) is 0 Å². The molecule has 33 heavy (non-hydrogen) atoms. The van der Waals surface area contributed by atoms with Crippen LogP contribution in [0.2, 0.25) is 0 Å². The van der Waals surface area contributed by atoms with E-state index in [0.717, 1.165) is 61.2 Å². The summed E-state index contributed by atoms with van der Waals surface area (Å²) in [5, 5.41) is 0. The van der Waals surface area contributed by atoms with E-state index in [4.69, 9.17) is 0 Å². The predicted octanol–water partition coefficient (Wildman–Crippen LogP) is 10.6. The summed E-state index contributed by atoms with van der Waals surface area (Å²) in [6, 6.07) is 0. The normalized spacial score (nSPS) is 33.3. The van der Waals surface area contributed by atoms with Gasteiger partial charge in [-0.3, -0.25) is 8.78 Å². The fourth-order valence-electron chi connectivity index (χ4n) is 7.92. The highest BCUT2D eigenvalue weighted by molar-refractivity contribution is 4.86. The van der Waals surface area contributed by atoms with E-state index in [1.54, 1.807) is 0 Å². The quantitative estimate of drug-likeness (QED) is 0.210. The van der Waals surface area contributed by atoms with Gasteiger partial charge in [-0.2, -0.15) is 0 Å². The van der Waals surface area contributed by atoms with Crippen LogP contribution in [-0.4, -0.2) is 13.3 Å². The molecule has 0 bridgehead atoms. The largest absolute Gasteiger partial charge is 0.251 e. The molecular weight excluding hydrogens is 410 g/mol. The Morgan fingerprint density at radius 1 is 0.333 bits per heavy atom. The molecule has 0 N–H and O–H groups in total. The third kappa shape index (κ3) is 10.2. The molecule has 0 aromatic heterocycles. The Morgan fingerprint density at radius 3 is 0.939 bits per heavy atom. The van der Waals surface area contributed by atoms with Gasteiger partial charge in [0, 0.05) is 0 Å². The number of unbranched alkanes of at least 4 members (excludes halogenated alkanes) is 7. The van der Waals surface area contributed by atoms with Crippen molar-refractivity contribution in [3.8, 4) is 0 Å². The fraction of sp³-hybridized carbons (Fsp3) is 1.00. The second kappa shape index (κ2) is 16.5. The van der Waals surface area contributed by atoms with E-state index < -0.39 is 0 Å². The summed E-state index contributed by atoms with van der Waals surface area (Å²) in [6.45, 7) is -0.254. The molecule has 194 valence electrons. The molecule has 0 aromatic rings. The first-order valence-corrected chi connectivity index (χ1v) is 15.4. The van der Waals surface area contributed by atoms with Gasteiger partial charge in [-0.1, -0.05) is 83.5 Å². The number of halogens is 2. The van der Waals surface area contributed by atoms with Gasteiger partial charge in [-0.15, -0.1) is 0 Å². The average Bonchev–Trinajstić information content (AvgIpc) is 2.87. The molecule has 0 atom stereocenters. The van der Waals surface area contributed by atoms with Gasteiger partial charge < -0.3 is 0 Å². The molecular formula is C31H56F2. The maximum Gasteiger partial charge on any atom is 0.0894 e. The van der Waals surface area contributed by atoms with E-state index in [1.165, 1.54) is 122 Å². The Hall–Kier alpha value is -0.140. The lowest BCUT2D eigenvalue weighted by Gasteiger charge is -2.41. The first-order valence-electron chi connectivity index (χ1n) is 15.4. The van der Waals surface area contributed by atoms with Crippen LogP contribution in [0.25, 0.3) is 0 Å². The summed E-state index contributed by atoms with van der Waals surface area (Å²) < 4.78 is 24.4. The van der Waals surface area contributed by atoms with Crippen molar-refractivity contribution in [1.29, 1.82) is 0 Å². The molecule has 3 fully saturated rings. The van der Waals surface area contributed by atoms with Gasteiger partial charge in [0.05, 0.1) is 13.3 Å². The van der Waals surface area contributed by atoms with Gasteiger partial charge in [0.15, 0.2) is 0 Å². The van der Waals surface area contributed by atoms with Gasteiger partial charge in [-0.25, -0.2) is 0 Å². The minimum absolute atomic E-state index is 0.126. The molecule has 0 amide bonds. The van der Waals surface area contributed by atoms with E-state index >= 15 is 0 Å².